The highest BCUT2D eigenvalue weighted by atomic mass is 16.6. The lowest BCUT2D eigenvalue weighted by Crippen LogP contribution is -2.01. The van der Waals surface area contributed by atoms with Crippen molar-refractivity contribution in [3.05, 3.63) is 69.9 Å². The molecular weight excluding hydrogens is 266 g/mol. The number of anilines is 1. The summed E-state index contributed by atoms with van der Waals surface area (Å²) in [6.07, 6.45) is 1.98. The number of benzene rings is 2. The van der Waals surface area contributed by atoms with Crippen LogP contribution in [0.15, 0.2) is 48.7 Å². The Morgan fingerprint density at radius 1 is 1.24 bits per heavy atom. The van der Waals surface area contributed by atoms with Gasteiger partial charge in [-0.25, -0.2) is 0 Å². The van der Waals surface area contributed by atoms with Crippen LogP contribution in [0.5, 0.6) is 0 Å². The second kappa shape index (κ2) is 5.28. The van der Waals surface area contributed by atoms with Crippen molar-refractivity contribution in [2.45, 2.75) is 13.5 Å². The summed E-state index contributed by atoms with van der Waals surface area (Å²) in [4.78, 5) is 13.6. The zero-order chi connectivity index (χ0) is 14.8. The fraction of sp³-hybridized carbons (Fsp3) is 0.125. The van der Waals surface area contributed by atoms with Gasteiger partial charge in [-0.3, -0.25) is 10.1 Å². The Morgan fingerprint density at radius 3 is 2.81 bits per heavy atom. The highest BCUT2D eigenvalue weighted by Crippen LogP contribution is 2.23. The maximum absolute atomic E-state index is 10.7. The summed E-state index contributed by atoms with van der Waals surface area (Å²) in [5.74, 6) is 0. The third-order valence-electron chi connectivity index (χ3n) is 3.57. The quantitative estimate of drug-likeness (QED) is 0.561. The topological polar surface area (TPSA) is 71.0 Å². The number of rotatable bonds is 4. The number of aryl methyl sites for hydroxylation is 1. The third-order valence-corrected chi connectivity index (χ3v) is 3.57. The summed E-state index contributed by atoms with van der Waals surface area (Å²) in [7, 11) is 0. The Balaban J connectivity index is 1.80. The Kier molecular flexibility index (Phi) is 3.31. The van der Waals surface area contributed by atoms with Gasteiger partial charge in [0, 0.05) is 41.5 Å². The minimum absolute atomic E-state index is 0.116. The van der Waals surface area contributed by atoms with Gasteiger partial charge in [-0.1, -0.05) is 18.2 Å². The van der Waals surface area contributed by atoms with Gasteiger partial charge in [0.2, 0.25) is 0 Å². The van der Waals surface area contributed by atoms with Gasteiger partial charge in [0.25, 0.3) is 5.69 Å². The van der Waals surface area contributed by atoms with E-state index in [0.29, 0.717) is 6.54 Å². The molecule has 0 atom stereocenters. The highest BCUT2D eigenvalue weighted by Gasteiger charge is 2.08. The molecular formula is C16H15N3O2. The van der Waals surface area contributed by atoms with Crippen LogP contribution in [-0.2, 0) is 6.54 Å². The van der Waals surface area contributed by atoms with Crippen molar-refractivity contribution >= 4 is 22.3 Å². The number of aromatic amines is 1. The average Bonchev–Trinajstić information content (AvgIpc) is 2.89. The number of hydrogen-bond acceptors (Lipinski definition) is 3. The zero-order valence-corrected chi connectivity index (χ0v) is 11.6. The monoisotopic (exact) mass is 281 g/mol. The van der Waals surface area contributed by atoms with Gasteiger partial charge in [0.05, 0.1) is 4.92 Å². The van der Waals surface area contributed by atoms with Gasteiger partial charge in [-0.05, 0) is 30.2 Å². The molecule has 5 heteroatoms. The molecule has 0 spiro atoms. The minimum Gasteiger partial charge on any atom is -0.381 e. The first-order chi connectivity index (χ1) is 10.1. The molecule has 1 aromatic heterocycles. The minimum atomic E-state index is -0.379. The average molecular weight is 281 g/mol. The van der Waals surface area contributed by atoms with Gasteiger partial charge < -0.3 is 10.3 Å². The van der Waals surface area contributed by atoms with Gasteiger partial charge in [-0.2, -0.15) is 0 Å². The van der Waals surface area contributed by atoms with Crippen molar-refractivity contribution in [2.24, 2.45) is 0 Å². The van der Waals surface area contributed by atoms with Gasteiger partial charge in [-0.15, -0.1) is 0 Å². The number of para-hydroxylation sites is 1. The fourth-order valence-corrected chi connectivity index (χ4v) is 2.43. The molecule has 5 nitrogen and oxygen atoms in total. The number of nitrogens with one attached hydrogen (secondary N) is 2. The second-order valence-electron chi connectivity index (χ2n) is 4.97. The smallest absolute Gasteiger partial charge is 0.269 e. The number of H-pyrrole nitrogens is 1. The summed E-state index contributed by atoms with van der Waals surface area (Å²) in [6.45, 7) is 2.53. The Bertz CT molecular complexity index is 808. The molecule has 0 aliphatic heterocycles. The number of aromatic nitrogens is 1. The predicted octanol–water partition coefficient (Wildman–Crippen LogP) is 4.00. The molecule has 0 aliphatic rings. The Labute approximate surface area is 121 Å². The summed E-state index contributed by atoms with van der Waals surface area (Å²) in [6, 6.07) is 13.0. The van der Waals surface area contributed by atoms with E-state index in [1.807, 2.05) is 31.3 Å². The van der Waals surface area contributed by atoms with E-state index in [0.717, 1.165) is 16.8 Å². The molecule has 0 fully saturated rings. The molecule has 1 heterocycles. The lowest BCUT2D eigenvalue weighted by atomic mass is 10.1. The van der Waals surface area contributed by atoms with Crippen LogP contribution in [0.2, 0.25) is 0 Å². The molecule has 0 unspecified atom stereocenters. The van der Waals surface area contributed by atoms with E-state index in [-0.39, 0.29) is 10.6 Å². The van der Waals surface area contributed by atoms with Crippen LogP contribution in [0.3, 0.4) is 0 Å². The van der Waals surface area contributed by atoms with Crippen molar-refractivity contribution in [3.8, 4) is 0 Å². The van der Waals surface area contributed by atoms with E-state index in [9.17, 15) is 10.1 Å². The van der Waals surface area contributed by atoms with Gasteiger partial charge >= 0.3 is 0 Å². The van der Waals surface area contributed by atoms with Gasteiger partial charge in [0.1, 0.15) is 0 Å². The molecule has 0 saturated heterocycles. The zero-order valence-electron chi connectivity index (χ0n) is 11.6. The molecule has 3 rings (SSSR count). The van der Waals surface area contributed by atoms with Crippen LogP contribution in [-0.4, -0.2) is 9.91 Å². The summed E-state index contributed by atoms with van der Waals surface area (Å²) in [5.41, 5.74) is 4.16. The van der Waals surface area contributed by atoms with Crippen molar-refractivity contribution < 1.29 is 4.92 Å². The lowest BCUT2D eigenvalue weighted by molar-refractivity contribution is -0.384. The fourth-order valence-electron chi connectivity index (χ4n) is 2.43. The van der Waals surface area contributed by atoms with Crippen LogP contribution in [0.25, 0.3) is 10.9 Å². The van der Waals surface area contributed by atoms with E-state index in [1.54, 1.807) is 12.1 Å². The second-order valence-corrected chi connectivity index (χ2v) is 4.97. The van der Waals surface area contributed by atoms with Gasteiger partial charge in [0.15, 0.2) is 0 Å². The van der Waals surface area contributed by atoms with E-state index in [4.69, 9.17) is 0 Å². The normalized spacial score (nSPS) is 10.7. The Morgan fingerprint density at radius 2 is 2.05 bits per heavy atom. The highest BCUT2D eigenvalue weighted by molar-refractivity contribution is 5.83. The largest absolute Gasteiger partial charge is 0.381 e. The SMILES string of the molecule is Cc1cc([N+](=O)[O-])ccc1NCc1c[nH]c2ccccc12. The molecule has 0 bridgehead atoms. The predicted molar refractivity (Wildman–Crippen MR) is 83.5 cm³/mol. The maximum atomic E-state index is 10.7. The molecule has 3 aromatic rings. The number of nitrogens with zero attached hydrogens (tertiary/aromatic N) is 1. The van der Waals surface area contributed by atoms with E-state index in [1.165, 1.54) is 17.0 Å². The molecule has 2 N–H and O–H groups in total. The first-order valence-electron chi connectivity index (χ1n) is 6.69. The summed E-state index contributed by atoms with van der Waals surface area (Å²) >= 11 is 0. The van der Waals surface area contributed by atoms with E-state index < -0.39 is 0 Å². The van der Waals surface area contributed by atoms with E-state index in [2.05, 4.69) is 16.4 Å². The number of nitro benzene ring substituents is 1. The summed E-state index contributed by atoms with van der Waals surface area (Å²) in [5, 5.41) is 15.3. The maximum Gasteiger partial charge on any atom is 0.269 e. The summed E-state index contributed by atoms with van der Waals surface area (Å²) < 4.78 is 0. The van der Waals surface area contributed by atoms with Crippen molar-refractivity contribution in [1.29, 1.82) is 0 Å². The number of hydrogen-bond donors (Lipinski definition) is 2. The molecule has 0 amide bonds. The first-order valence-corrected chi connectivity index (χ1v) is 6.69. The van der Waals surface area contributed by atoms with E-state index >= 15 is 0 Å². The van der Waals surface area contributed by atoms with Crippen LogP contribution in [0, 0.1) is 17.0 Å². The van der Waals surface area contributed by atoms with Crippen LogP contribution >= 0.6 is 0 Å². The molecule has 0 radical (unpaired) electrons. The third kappa shape index (κ3) is 2.58. The lowest BCUT2D eigenvalue weighted by Gasteiger charge is -2.08. The van der Waals surface area contributed by atoms with Crippen LogP contribution in [0.4, 0.5) is 11.4 Å². The number of nitro groups is 1. The number of fused-ring (bicyclic) bond motifs is 1. The molecule has 106 valence electrons. The Hall–Kier alpha value is -2.82. The standard InChI is InChI=1S/C16H15N3O2/c1-11-8-13(19(20)21)6-7-15(11)17-9-12-10-18-16-5-3-2-4-14(12)16/h2-8,10,17-18H,9H2,1H3. The molecule has 0 aliphatic carbocycles. The van der Waals surface area contributed by atoms with Crippen molar-refractivity contribution in [2.75, 3.05) is 5.32 Å². The first kappa shape index (κ1) is 13.2. The van der Waals surface area contributed by atoms with Crippen LogP contribution in [0.1, 0.15) is 11.1 Å². The molecule has 0 saturated carbocycles. The van der Waals surface area contributed by atoms with Crippen molar-refractivity contribution in [3.63, 3.8) is 0 Å². The molecule has 21 heavy (non-hydrogen) atoms. The molecule has 2 aromatic carbocycles. The van der Waals surface area contributed by atoms with Crippen LogP contribution < -0.4 is 5.32 Å². The number of non-ortho nitro benzene ring substituents is 1. The van der Waals surface area contributed by atoms with Crippen molar-refractivity contribution in [1.82, 2.24) is 4.98 Å².